The van der Waals surface area contributed by atoms with Crippen molar-refractivity contribution in [2.24, 2.45) is 5.10 Å². The molecule has 3 aromatic rings. The molecule has 4 N–H and O–H groups in total. The number of ether oxygens (including phenoxy) is 1. The first kappa shape index (κ1) is 21.7. The number of aromatic amines is 2. The van der Waals surface area contributed by atoms with Gasteiger partial charge in [0.1, 0.15) is 18.2 Å². The zero-order valence-corrected chi connectivity index (χ0v) is 16.6. The molecule has 1 amide bonds. The van der Waals surface area contributed by atoms with E-state index in [9.17, 15) is 18.8 Å². The fourth-order valence-electron chi connectivity index (χ4n) is 2.33. The summed E-state index contributed by atoms with van der Waals surface area (Å²) >= 11 is 5.96. The lowest BCUT2D eigenvalue weighted by Crippen LogP contribution is -2.31. The van der Waals surface area contributed by atoms with Crippen LogP contribution < -0.4 is 26.7 Å². The molecule has 0 atom stereocenters. The minimum atomic E-state index is -0.753. The molecule has 3 rings (SSSR count). The van der Waals surface area contributed by atoms with Crippen molar-refractivity contribution in [1.82, 2.24) is 20.6 Å². The van der Waals surface area contributed by atoms with E-state index < -0.39 is 23.0 Å². The van der Waals surface area contributed by atoms with Crippen molar-refractivity contribution in [3.8, 4) is 5.75 Å². The maximum Gasteiger partial charge on any atom is 0.342 e. The molecule has 0 radical (unpaired) electrons. The second kappa shape index (κ2) is 10.2. The van der Waals surface area contributed by atoms with E-state index in [0.717, 1.165) is 0 Å². The molecule has 10 nitrogen and oxygen atoms in total. The zero-order valence-electron chi connectivity index (χ0n) is 15.8. The smallest absolute Gasteiger partial charge is 0.342 e. The highest BCUT2D eigenvalue weighted by atomic mass is 35.5. The lowest BCUT2D eigenvalue weighted by atomic mass is 10.2. The van der Waals surface area contributed by atoms with Crippen molar-refractivity contribution in [1.29, 1.82) is 0 Å². The Labute approximate surface area is 179 Å². The van der Waals surface area contributed by atoms with Crippen LogP contribution in [0.2, 0.25) is 5.02 Å². The van der Waals surface area contributed by atoms with Gasteiger partial charge in [-0.3, -0.25) is 14.6 Å². The summed E-state index contributed by atoms with van der Waals surface area (Å²) in [6, 6.07) is 11.1. The van der Waals surface area contributed by atoms with Crippen LogP contribution in [0.3, 0.4) is 0 Å². The summed E-state index contributed by atoms with van der Waals surface area (Å²) in [5.41, 5.74) is 1.71. The third kappa shape index (κ3) is 6.24. The topological polar surface area (TPSA) is 141 Å². The van der Waals surface area contributed by atoms with Gasteiger partial charge in [-0.2, -0.15) is 5.10 Å². The number of rotatable bonds is 8. The van der Waals surface area contributed by atoms with Gasteiger partial charge in [0.05, 0.1) is 17.8 Å². The first-order valence-electron chi connectivity index (χ1n) is 8.83. The fourth-order valence-corrected chi connectivity index (χ4v) is 2.54. The second-order valence-corrected chi connectivity index (χ2v) is 6.47. The number of benzene rings is 2. The number of anilines is 1. The maximum atomic E-state index is 13.8. The SMILES string of the molecule is O=C(CNc1n[nH]c(=O)[nH]c1=O)N/N=C/c1ccc(OCc2c(F)cccc2Cl)cc1. The Bertz CT molecular complexity index is 1190. The number of halogens is 2. The lowest BCUT2D eigenvalue weighted by molar-refractivity contribution is -0.119. The van der Waals surface area contributed by atoms with Gasteiger partial charge >= 0.3 is 5.69 Å². The molecule has 160 valence electrons. The molecule has 12 heteroatoms. The lowest BCUT2D eigenvalue weighted by Gasteiger charge is -2.09. The Morgan fingerprint density at radius 1 is 1.23 bits per heavy atom. The molecule has 0 saturated heterocycles. The van der Waals surface area contributed by atoms with Gasteiger partial charge in [-0.1, -0.05) is 17.7 Å². The minimum Gasteiger partial charge on any atom is -0.489 e. The quantitative estimate of drug-likeness (QED) is 0.304. The van der Waals surface area contributed by atoms with Crippen molar-refractivity contribution in [3.63, 3.8) is 0 Å². The summed E-state index contributed by atoms with van der Waals surface area (Å²) in [5.74, 6) is -0.679. The number of hydrogen-bond acceptors (Lipinski definition) is 7. The Morgan fingerprint density at radius 2 is 2.00 bits per heavy atom. The number of amides is 1. The van der Waals surface area contributed by atoms with E-state index in [1.54, 1.807) is 30.3 Å². The zero-order chi connectivity index (χ0) is 22.2. The molecular weight excluding hydrogens is 431 g/mol. The average Bonchev–Trinajstić information content (AvgIpc) is 2.74. The van der Waals surface area contributed by atoms with Crippen LogP contribution in [0.25, 0.3) is 0 Å². The van der Waals surface area contributed by atoms with Gasteiger partial charge < -0.3 is 10.1 Å². The maximum absolute atomic E-state index is 13.8. The number of carbonyl (C=O) groups is 1. The second-order valence-electron chi connectivity index (χ2n) is 6.06. The molecule has 0 aliphatic rings. The molecule has 1 heterocycles. The number of hydrogen-bond donors (Lipinski definition) is 4. The third-order valence-corrected chi connectivity index (χ3v) is 4.21. The highest BCUT2D eigenvalue weighted by Crippen LogP contribution is 2.21. The summed E-state index contributed by atoms with van der Waals surface area (Å²) < 4.78 is 19.3. The summed E-state index contributed by atoms with van der Waals surface area (Å²) in [5, 5.41) is 12.1. The normalized spacial score (nSPS) is 10.8. The molecule has 2 aromatic carbocycles. The van der Waals surface area contributed by atoms with E-state index in [-0.39, 0.29) is 29.6 Å². The van der Waals surface area contributed by atoms with Gasteiger partial charge in [-0.05, 0) is 42.0 Å². The highest BCUT2D eigenvalue weighted by Gasteiger charge is 2.08. The van der Waals surface area contributed by atoms with Crippen LogP contribution in [-0.4, -0.2) is 33.8 Å². The number of carbonyl (C=O) groups excluding carboxylic acids is 1. The number of nitrogens with zero attached hydrogens (tertiary/aromatic N) is 2. The van der Waals surface area contributed by atoms with Crippen LogP contribution in [-0.2, 0) is 11.4 Å². The summed E-state index contributed by atoms with van der Waals surface area (Å²) in [6.45, 7) is -0.306. The molecule has 0 fully saturated rings. The van der Waals surface area contributed by atoms with Crippen LogP contribution in [0.4, 0.5) is 10.2 Å². The van der Waals surface area contributed by atoms with Crippen molar-refractivity contribution < 1.29 is 13.9 Å². The average molecular weight is 447 g/mol. The van der Waals surface area contributed by atoms with Gasteiger partial charge in [-0.15, -0.1) is 5.10 Å². The number of aromatic nitrogens is 3. The predicted octanol–water partition coefficient (Wildman–Crippen LogP) is 1.39. The van der Waals surface area contributed by atoms with Gasteiger partial charge in [0.25, 0.3) is 11.5 Å². The van der Waals surface area contributed by atoms with E-state index in [0.29, 0.717) is 11.3 Å². The first-order chi connectivity index (χ1) is 14.9. The van der Waals surface area contributed by atoms with E-state index in [1.807, 2.05) is 10.1 Å². The molecule has 0 aliphatic heterocycles. The van der Waals surface area contributed by atoms with E-state index in [4.69, 9.17) is 16.3 Å². The number of hydrazone groups is 1. The molecule has 0 aliphatic carbocycles. The molecule has 0 unspecified atom stereocenters. The summed E-state index contributed by atoms with van der Waals surface area (Å²) in [4.78, 5) is 36.0. The van der Waals surface area contributed by atoms with Crippen molar-refractivity contribution in [3.05, 3.63) is 85.3 Å². The summed E-state index contributed by atoms with van der Waals surface area (Å²) in [6.07, 6.45) is 1.40. The molecule has 31 heavy (non-hydrogen) atoms. The monoisotopic (exact) mass is 446 g/mol. The minimum absolute atomic E-state index is 0.0189. The van der Waals surface area contributed by atoms with Crippen molar-refractivity contribution in [2.75, 3.05) is 11.9 Å². The van der Waals surface area contributed by atoms with Crippen LogP contribution in [0.15, 0.2) is 57.2 Å². The Morgan fingerprint density at radius 3 is 2.71 bits per heavy atom. The fraction of sp³-hybridized carbons (Fsp3) is 0.105. The van der Waals surface area contributed by atoms with Crippen LogP contribution in [0, 0.1) is 5.82 Å². The van der Waals surface area contributed by atoms with Gasteiger partial charge in [0.2, 0.25) is 5.82 Å². The highest BCUT2D eigenvalue weighted by molar-refractivity contribution is 6.31. The van der Waals surface area contributed by atoms with Crippen molar-refractivity contribution in [2.45, 2.75) is 6.61 Å². The molecule has 0 saturated carbocycles. The number of nitrogens with one attached hydrogen (secondary N) is 4. The number of H-pyrrole nitrogens is 2. The van der Waals surface area contributed by atoms with Crippen LogP contribution >= 0.6 is 11.6 Å². The molecule has 0 spiro atoms. The molecule has 1 aromatic heterocycles. The van der Waals surface area contributed by atoms with Gasteiger partial charge in [0.15, 0.2) is 0 Å². The first-order valence-corrected chi connectivity index (χ1v) is 9.20. The molecular formula is C19H16ClFN6O4. The Balaban J connectivity index is 1.47. The Hall–Kier alpha value is -3.99. The van der Waals surface area contributed by atoms with E-state index >= 15 is 0 Å². The van der Waals surface area contributed by atoms with E-state index in [1.165, 1.54) is 18.3 Å². The van der Waals surface area contributed by atoms with Crippen LogP contribution in [0.1, 0.15) is 11.1 Å². The largest absolute Gasteiger partial charge is 0.489 e. The Kier molecular flexibility index (Phi) is 7.12. The predicted molar refractivity (Wildman–Crippen MR) is 112 cm³/mol. The standard InChI is InChI=1S/C19H16ClFN6O4/c20-14-2-1-3-15(21)13(14)10-31-12-6-4-11(5-7-12)8-23-25-16(28)9-22-17-18(29)24-19(30)27-26-17/h1-8H,9-10H2,(H,22,26)(H,25,28)(H2,24,27,29,30)/b23-8+. The van der Waals surface area contributed by atoms with E-state index in [2.05, 4.69) is 20.9 Å². The summed E-state index contributed by atoms with van der Waals surface area (Å²) in [7, 11) is 0. The van der Waals surface area contributed by atoms with Gasteiger partial charge in [0, 0.05) is 5.56 Å². The van der Waals surface area contributed by atoms with Crippen LogP contribution in [0.5, 0.6) is 5.75 Å². The van der Waals surface area contributed by atoms with Crippen molar-refractivity contribution >= 4 is 29.5 Å². The molecule has 0 bridgehead atoms. The van der Waals surface area contributed by atoms with Gasteiger partial charge in [-0.25, -0.2) is 19.7 Å². The third-order valence-electron chi connectivity index (χ3n) is 3.86.